The first-order valence-corrected chi connectivity index (χ1v) is 7.14. The molecule has 7 nitrogen and oxygen atoms in total. The van der Waals surface area contributed by atoms with E-state index in [1.165, 1.54) is 18.2 Å². The van der Waals surface area contributed by atoms with Crippen molar-refractivity contribution in [3.8, 4) is 0 Å². The number of non-ortho nitro benzene ring substituents is 1. The molecule has 20 heavy (non-hydrogen) atoms. The number of halogens is 2. The van der Waals surface area contributed by atoms with Gasteiger partial charge in [-0.2, -0.15) is 0 Å². The molecule has 0 aromatic heterocycles. The number of nitro groups is 1. The number of carboxylic acids is 1. The first-order valence-electron chi connectivity index (χ1n) is 5.31. The first-order chi connectivity index (χ1) is 9.23. The van der Waals surface area contributed by atoms with Crippen LogP contribution in [0.4, 0.5) is 11.4 Å². The van der Waals surface area contributed by atoms with Crippen molar-refractivity contribution in [3.63, 3.8) is 0 Å². The van der Waals surface area contributed by atoms with Gasteiger partial charge in [-0.3, -0.25) is 19.7 Å². The molecule has 1 amide bonds. The lowest BCUT2D eigenvalue weighted by molar-refractivity contribution is -0.384. The maximum absolute atomic E-state index is 11.8. The molecule has 2 atom stereocenters. The predicted octanol–water partition coefficient (Wildman–Crippen LogP) is 2.45. The van der Waals surface area contributed by atoms with E-state index in [1.54, 1.807) is 6.92 Å². The molecule has 0 aliphatic carbocycles. The highest BCUT2D eigenvalue weighted by Crippen LogP contribution is 2.23. The Bertz CT molecular complexity index is 564. The molecule has 1 rings (SSSR count). The standard InChI is InChI=1S/C11H10Br2N2O5/c1-5-4-6(15(19)20)2-3-7(5)14-10(16)8(12)9(13)11(17)18/h2-4,8-9H,1H3,(H,14,16)(H,17,18)/t8-,9-/m1/s1. The zero-order chi connectivity index (χ0) is 15.4. The predicted molar refractivity (Wildman–Crippen MR) is 79.5 cm³/mol. The number of alkyl halides is 2. The van der Waals surface area contributed by atoms with E-state index in [-0.39, 0.29) is 5.69 Å². The molecule has 0 saturated carbocycles. The fourth-order valence-electron chi connectivity index (χ4n) is 1.36. The van der Waals surface area contributed by atoms with E-state index in [0.29, 0.717) is 11.3 Å². The van der Waals surface area contributed by atoms with Crippen molar-refractivity contribution < 1.29 is 19.6 Å². The summed E-state index contributed by atoms with van der Waals surface area (Å²) in [5.41, 5.74) is 0.809. The van der Waals surface area contributed by atoms with Crippen molar-refractivity contribution in [2.24, 2.45) is 0 Å². The number of aryl methyl sites for hydroxylation is 1. The number of rotatable bonds is 5. The molecule has 0 fully saturated rings. The minimum atomic E-state index is -1.18. The minimum absolute atomic E-state index is 0.0835. The van der Waals surface area contributed by atoms with Crippen LogP contribution in [0.25, 0.3) is 0 Å². The lowest BCUT2D eigenvalue weighted by atomic mass is 10.1. The molecule has 0 saturated heterocycles. The first kappa shape index (κ1) is 16.6. The van der Waals surface area contributed by atoms with Crippen LogP contribution in [-0.4, -0.2) is 31.6 Å². The van der Waals surface area contributed by atoms with Crippen LogP contribution in [-0.2, 0) is 9.59 Å². The van der Waals surface area contributed by atoms with Gasteiger partial charge in [0.2, 0.25) is 5.91 Å². The number of aliphatic carboxylic acids is 1. The molecule has 0 aliphatic heterocycles. The summed E-state index contributed by atoms with van der Waals surface area (Å²) in [6, 6.07) is 3.98. The van der Waals surface area contributed by atoms with Gasteiger partial charge in [0, 0.05) is 17.8 Å². The summed E-state index contributed by atoms with van der Waals surface area (Å²) in [4.78, 5) is 30.6. The van der Waals surface area contributed by atoms with Crippen molar-refractivity contribution in [1.82, 2.24) is 0 Å². The Balaban J connectivity index is 2.86. The largest absolute Gasteiger partial charge is 0.480 e. The second kappa shape index (κ2) is 6.80. The number of benzene rings is 1. The third-order valence-corrected chi connectivity index (χ3v) is 5.00. The van der Waals surface area contributed by atoms with Crippen molar-refractivity contribution in [3.05, 3.63) is 33.9 Å². The molecule has 2 N–H and O–H groups in total. The van der Waals surface area contributed by atoms with Gasteiger partial charge in [0.25, 0.3) is 5.69 Å². The van der Waals surface area contributed by atoms with E-state index < -0.39 is 26.5 Å². The number of hydrogen-bond donors (Lipinski definition) is 2. The van der Waals surface area contributed by atoms with E-state index in [4.69, 9.17) is 5.11 Å². The van der Waals surface area contributed by atoms with Crippen molar-refractivity contribution in [2.45, 2.75) is 16.6 Å². The van der Waals surface area contributed by atoms with Crippen LogP contribution in [0, 0.1) is 17.0 Å². The van der Waals surface area contributed by atoms with Crippen LogP contribution in [0.3, 0.4) is 0 Å². The van der Waals surface area contributed by atoms with Gasteiger partial charge in [-0.05, 0) is 18.6 Å². The summed E-state index contributed by atoms with van der Waals surface area (Å²) in [6.07, 6.45) is 0. The maximum atomic E-state index is 11.8. The lowest BCUT2D eigenvalue weighted by Gasteiger charge is -2.14. The Morgan fingerprint density at radius 3 is 2.40 bits per heavy atom. The number of carbonyl (C=O) groups is 2. The van der Waals surface area contributed by atoms with E-state index in [2.05, 4.69) is 37.2 Å². The molecule has 9 heteroatoms. The average molecular weight is 410 g/mol. The Hall–Kier alpha value is -1.48. The Morgan fingerprint density at radius 2 is 1.95 bits per heavy atom. The van der Waals surface area contributed by atoms with Gasteiger partial charge in [0.05, 0.1) is 4.92 Å². The number of carboxylic acid groups (broad SMARTS) is 1. The summed E-state index contributed by atoms with van der Waals surface area (Å²) in [5.74, 6) is -1.74. The van der Waals surface area contributed by atoms with Gasteiger partial charge in [-0.1, -0.05) is 31.9 Å². The second-order valence-corrected chi connectivity index (χ2v) is 5.86. The zero-order valence-corrected chi connectivity index (χ0v) is 13.3. The van der Waals surface area contributed by atoms with Crippen LogP contribution < -0.4 is 5.32 Å². The van der Waals surface area contributed by atoms with Gasteiger partial charge in [0.15, 0.2) is 0 Å². The fraction of sp³-hybridized carbons (Fsp3) is 0.273. The van der Waals surface area contributed by atoms with Crippen molar-refractivity contribution >= 4 is 55.1 Å². The quantitative estimate of drug-likeness (QED) is 0.441. The van der Waals surface area contributed by atoms with E-state index in [9.17, 15) is 19.7 Å². The third kappa shape index (κ3) is 4.01. The van der Waals surface area contributed by atoms with E-state index >= 15 is 0 Å². The molecule has 108 valence electrons. The van der Waals surface area contributed by atoms with Crippen LogP contribution in [0.2, 0.25) is 0 Å². The van der Waals surface area contributed by atoms with Gasteiger partial charge in [-0.15, -0.1) is 0 Å². The number of amides is 1. The summed E-state index contributed by atoms with van der Waals surface area (Å²) in [6.45, 7) is 1.61. The smallest absolute Gasteiger partial charge is 0.318 e. The molecule has 0 aliphatic rings. The topological polar surface area (TPSA) is 110 Å². The molecule has 0 bridgehead atoms. The number of nitro benzene ring substituents is 1. The summed E-state index contributed by atoms with van der Waals surface area (Å²) in [7, 11) is 0. The number of nitrogens with zero attached hydrogens (tertiary/aromatic N) is 1. The van der Waals surface area contributed by atoms with Crippen LogP contribution in [0.5, 0.6) is 0 Å². The average Bonchev–Trinajstić information content (AvgIpc) is 2.38. The molecule has 1 aromatic rings. The maximum Gasteiger partial charge on any atom is 0.318 e. The highest BCUT2D eigenvalue weighted by Gasteiger charge is 2.29. The van der Waals surface area contributed by atoms with Gasteiger partial charge in [0.1, 0.15) is 9.65 Å². The van der Waals surface area contributed by atoms with Gasteiger partial charge >= 0.3 is 5.97 Å². The normalized spacial score (nSPS) is 13.3. The molecule has 0 radical (unpaired) electrons. The molecule has 1 aromatic carbocycles. The highest BCUT2D eigenvalue weighted by molar-refractivity contribution is 9.12. The molecule has 0 unspecified atom stereocenters. The second-order valence-electron chi connectivity index (χ2n) is 3.89. The van der Waals surface area contributed by atoms with Crippen LogP contribution in [0.1, 0.15) is 5.56 Å². The summed E-state index contributed by atoms with van der Waals surface area (Å²) < 4.78 is 0. The third-order valence-electron chi connectivity index (χ3n) is 2.42. The number of hydrogen-bond acceptors (Lipinski definition) is 4. The van der Waals surface area contributed by atoms with Crippen molar-refractivity contribution in [2.75, 3.05) is 5.32 Å². The molecule has 0 heterocycles. The van der Waals surface area contributed by atoms with E-state index in [1.807, 2.05) is 0 Å². The van der Waals surface area contributed by atoms with Gasteiger partial charge < -0.3 is 10.4 Å². The van der Waals surface area contributed by atoms with Gasteiger partial charge in [-0.25, -0.2) is 0 Å². The monoisotopic (exact) mass is 408 g/mol. The SMILES string of the molecule is Cc1cc([N+](=O)[O-])ccc1NC(=O)[C@H](Br)[C@@H](Br)C(=O)O. The Kier molecular flexibility index (Phi) is 5.63. The molecule has 0 spiro atoms. The number of anilines is 1. The van der Waals surface area contributed by atoms with Crippen molar-refractivity contribution in [1.29, 1.82) is 0 Å². The number of carbonyl (C=O) groups excluding carboxylic acids is 1. The zero-order valence-electron chi connectivity index (χ0n) is 10.2. The fourth-order valence-corrected chi connectivity index (χ4v) is 1.94. The Morgan fingerprint density at radius 1 is 1.35 bits per heavy atom. The highest BCUT2D eigenvalue weighted by atomic mass is 79.9. The lowest BCUT2D eigenvalue weighted by Crippen LogP contribution is -2.34. The van der Waals surface area contributed by atoms with E-state index in [0.717, 1.165) is 0 Å². The number of nitrogens with one attached hydrogen (secondary N) is 1. The molecular formula is C11H10Br2N2O5. The summed E-state index contributed by atoms with van der Waals surface area (Å²) in [5, 5.41) is 21.9. The molecular weight excluding hydrogens is 400 g/mol. The summed E-state index contributed by atoms with van der Waals surface area (Å²) >= 11 is 5.86. The Labute approximate surface area is 130 Å². The van der Waals surface area contributed by atoms with Crippen LogP contribution in [0.15, 0.2) is 18.2 Å². The van der Waals surface area contributed by atoms with Crippen LogP contribution >= 0.6 is 31.9 Å². The minimum Gasteiger partial charge on any atom is -0.480 e.